The van der Waals surface area contributed by atoms with Gasteiger partial charge in [-0.3, -0.25) is 14.4 Å². The first kappa shape index (κ1) is 77.6. The van der Waals surface area contributed by atoms with Gasteiger partial charge >= 0.3 is 17.9 Å². The highest BCUT2D eigenvalue weighted by atomic mass is 16.6. The van der Waals surface area contributed by atoms with Gasteiger partial charge in [-0.1, -0.05) is 305 Å². The minimum absolute atomic E-state index is 0.0783. The Balaban J connectivity index is 4.18. The van der Waals surface area contributed by atoms with E-state index in [1.807, 2.05) is 0 Å². The fourth-order valence-electron chi connectivity index (χ4n) is 10.1. The maximum absolute atomic E-state index is 12.9. The van der Waals surface area contributed by atoms with Gasteiger partial charge in [-0.15, -0.1) is 0 Å². The zero-order valence-corrected chi connectivity index (χ0v) is 53.8. The molecular formula is C75H132O6. The molecule has 0 saturated carbocycles. The summed E-state index contributed by atoms with van der Waals surface area (Å²) >= 11 is 0. The van der Waals surface area contributed by atoms with Crippen LogP contribution in [0.4, 0.5) is 0 Å². The lowest BCUT2D eigenvalue weighted by Crippen LogP contribution is -2.30. The third-order valence-corrected chi connectivity index (χ3v) is 15.4. The highest BCUT2D eigenvalue weighted by molar-refractivity contribution is 5.71. The summed E-state index contributed by atoms with van der Waals surface area (Å²) < 4.78 is 17.0. The van der Waals surface area contributed by atoms with Crippen LogP contribution in [0, 0.1) is 0 Å². The smallest absolute Gasteiger partial charge is 0.306 e. The highest BCUT2D eigenvalue weighted by Crippen LogP contribution is 2.17. The number of ether oxygens (including phenoxy) is 3. The van der Waals surface area contributed by atoms with E-state index in [1.54, 1.807) is 0 Å². The highest BCUT2D eigenvalue weighted by Gasteiger charge is 2.19. The zero-order chi connectivity index (χ0) is 58.5. The lowest BCUT2D eigenvalue weighted by atomic mass is 10.0. The van der Waals surface area contributed by atoms with Crippen molar-refractivity contribution < 1.29 is 28.6 Å². The molecule has 468 valence electrons. The van der Waals surface area contributed by atoms with Gasteiger partial charge < -0.3 is 14.2 Å². The van der Waals surface area contributed by atoms with E-state index in [2.05, 4.69) is 106 Å². The molecule has 0 aromatic carbocycles. The van der Waals surface area contributed by atoms with E-state index < -0.39 is 6.10 Å². The molecule has 0 heterocycles. The van der Waals surface area contributed by atoms with Crippen LogP contribution in [-0.2, 0) is 28.6 Å². The summed E-state index contributed by atoms with van der Waals surface area (Å²) in [4.78, 5) is 38.4. The van der Waals surface area contributed by atoms with E-state index in [-0.39, 0.29) is 31.1 Å². The number of carbonyl (C=O) groups excluding carboxylic acids is 3. The van der Waals surface area contributed by atoms with E-state index in [4.69, 9.17) is 14.2 Å². The molecule has 6 heteroatoms. The van der Waals surface area contributed by atoms with Gasteiger partial charge in [0.25, 0.3) is 0 Å². The predicted molar refractivity (Wildman–Crippen MR) is 353 cm³/mol. The molecule has 1 unspecified atom stereocenters. The monoisotopic (exact) mass is 1130 g/mol. The molecule has 0 spiro atoms. The second-order valence-corrected chi connectivity index (χ2v) is 23.4. The number of hydrogen-bond donors (Lipinski definition) is 0. The summed E-state index contributed by atoms with van der Waals surface area (Å²) in [6.07, 6.45) is 91.9. The van der Waals surface area contributed by atoms with Crippen molar-refractivity contribution in [3.8, 4) is 0 Å². The quantitative estimate of drug-likeness (QED) is 0.0261. The van der Waals surface area contributed by atoms with Crippen LogP contribution in [0.15, 0.2) is 85.1 Å². The Morgan fingerprint density at radius 3 is 0.765 bits per heavy atom. The van der Waals surface area contributed by atoms with Crippen LogP contribution < -0.4 is 0 Å². The normalized spacial score (nSPS) is 12.6. The molecule has 6 nitrogen and oxygen atoms in total. The first-order valence-electron chi connectivity index (χ1n) is 35.1. The van der Waals surface area contributed by atoms with E-state index >= 15 is 0 Å². The average molecular weight is 1130 g/mol. The summed E-state index contributed by atoms with van der Waals surface area (Å²) in [6, 6.07) is 0. The summed E-state index contributed by atoms with van der Waals surface area (Å²) in [5.41, 5.74) is 0. The van der Waals surface area contributed by atoms with Gasteiger partial charge in [-0.05, 0) is 116 Å². The maximum Gasteiger partial charge on any atom is 0.306 e. The number of unbranched alkanes of at least 4 members (excludes halogenated alkanes) is 39. The van der Waals surface area contributed by atoms with Crippen LogP contribution in [-0.4, -0.2) is 37.2 Å². The fraction of sp³-hybridized carbons (Fsp3) is 0.773. The largest absolute Gasteiger partial charge is 0.462 e. The Kier molecular flexibility index (Phi) is 66.2. The van der Waals surface area contributed by atoms with Crippen LogP contribution >= 0.6 is 0 Å². The van der Waals surface area contributed by atoms with Crippen molar-refractivity contribution in [1.82, 2.24) is 0 Å². The maximum atomic E-state index is 12.9. The van der Waals surface area contributed by atoms with Crippen molar-refractivity contribution in [3.63, 3.8) is 0 Å². The second-order valence-electron chi connectivity index (χ2n) is 23.4. The standard InChI is InChI=1S/C75H132O6/c1-4-7-10-13-16-19-22-25-28-30-31-32-33-34-35-36-37-38-39-40-41-42-43-44-45-46-48-50-53-56-59-62-65-68-74(77)80-71-72(70-79-73(76)67-64-61-58-55-52-49-27-24-21-18-15-12-9-6-3)81-75(78)69-66-63-60-57-54-51-47-29-26-23-20-17-14-11-8-5-2/h7,10,16,19,24-25,27-29,31-32,34-35,47,72H,4-6,8-9,11-15,17-18,20-23,26,30,33,36-46,48-71H2,1-3H3/b10-7-,19-16-,27-24-,28-25-,32-31-,35-34-,47-29-. The zero-order valence-electron chi connectivity index (χ0n) is 53.8. The van der Waals surface area contributed by atoms with Crippen molar-refractivity contribution in [2.45, 2.75) is 361 Å². The molecular weight excluding hydrogens is 997 g/mol. The van der Waals surface area contributed by atoms with Crippen LogP contribution in [0.25, 0.3) is 0 Å². The van der Waals surface area contributed by atoms with E-state index in [9.17, 15) is 14.4 Å². The SMILES string of the molecule is CC/C=C\C/C=C\C/C=C\C/C=C\C/C=C\CCCCCCCCCCCCCCCCCCCC(=O)OCC(COC(=O)CCCCCCC/C=C\CCCCCCC)OC(=O)CCCCCCC/C=C\CCCCCCCCC. The van der Waals surface area contributed by atoms with Crippen LogP contribution in [0.1, 0.15) is 355 Å². The molecule has 0 aromatic rings. The van der Waals surface area contributed by atoms with Gasteiger partial charge in [0.2, 0.25) is 0 Å². The Labute approximate surface area is 503 Å². The molecule has 0 bridgehead atoms. The van der Waals surface area contributed by atoms with Gasteiger partial charge in [-0.25, -0.2) is 0 Å². The van der Waals surface area contributed by atoms with Crippen molar-refractivity contribution in [2.75, 3.05) is 13.2 Å². The molecule has 0 rings (SSSR count). The predicted octanol–water partition coefficient (Wildman–Crippen LogP) is 24.2. The minimum atomic E-state index is -0.783. The number of rotatable bonds is 64. The number of hydrogen-bond acceptors (Lipinski definition) is 6. The first-order valence-corrected chi connectivity index (χ1v) is 35.1. The topological polar surface area (TPSA) is 78.9 Å². The molecule has 0 aliphatic rings. The summed E-state index contributed by atoms with van der Waals surface area (Å²) in [7, 11) is 0. The molecule has 0 radical (unpaired) electrons. The number of carbonyl (C=O) groups is 3. The van der Waals surface area contributed by atoms with Crippen LogP contribution in [0.2, 0.25) is 0 Å². The van der Waals surface area contributed by atoms with Gasteiger partial charge in [0.05, 0.1) is 0 Å². The van der Waals surface area contributed by atoms with Gasteiger partial charge in [0.1, 0.15) is 13.2 Å². The molecule has 0 N–H and O–H groups in total. The molecule has 0 amide bonds. The van der Waals surface area contributed by atoms with Crippen molar-refractivity contribution in [1.29, 1.82) is 0 Å². The summed E-state index contributed by atoms with van der Waals surface area (Å²) in [5.74, 6) is -0.877. The molecule has 0 fully saturated rings. The lowest BCUT2D eigenvalue weighted by molar-refractivity contribution is -0.167. The minimum Gasteiger partial charge on any atom is -0.462 e. The van der Waals surface area contributed by atoms with Gasteiger partial charge in [0, 0.05) is 19.3 Å². The third-order valence-electron chi connectivity index (χ3n) is 15.4. The third kappa shape index (κ3) is 67.3. The molecule has 81 heavy (non-hydrogen) atoms. The lowest BCUT2D eigenvalue weighted by Gasteiger charge is -2.18. The number of allylic oxidation sites excluding steroid dienone is 14. The van der Waals surface area contributed by atoms with Gasteiger partial charge in [0.15, 0.2) is 6.10 Å². The Bertz CT molecular complexity index is 1530. The molecule has 0 saturated heterocycles. The van der Waals surface area contributed by atoms with Crippen LogP contribution in [0.3, 0.4) is 0 Å². The van der Waals surface area contributed by atoms with Gasteiger partial charge in [-0.2, -0.15) is 0 Å². The molecule has 0 aliphatic carbocycles. The molecule has 0 aliphatic heterocycles. The Morgan fingerprint density at radius 2 is 0.481 bits per heavy atom. The Hall–Kier alpha value is -3.41. The molecule has 0 aromatic heterocycles. The second kappa shape index (κ2) is 69.1. The molecule has 1 atom stereocenters. The Morgan fingerprint density at radius 1 is 0.259 bits per heavy atom. The van der Waals surface area contributed by atoms with Crippen molar-refractivity contribution >= 4 is 17.9 Å². The van der Waals surface area contributed by atoms with E-state index in [1.165, 1.54) is 205 Å². The average Bonchev–Trinajstić information content (AvgIpc) is 3.47. The number of esters is 3. The van der Waals surface area contributed by atoms with Crippen molar-refractivity contribution in [3.05, 3.63) is 85.1 Å². The van der Waals surface area contributed by atoms with E-state index in [0.29, 0.717) is 19.3 Å². The summed E-state index contributed by atoms with van der Waals surface area (Å²) in [5, 5.41) is 0. The fourth-order valence-corrected chi connectivity index (χ4v) is 10.1. The first-order chi connectivity index (χ1) is 40.0. The van der Waals surface area contributed by atoms with Crippen LogP contribution in [0.5, 0.6) is 0 Å². The van der Waals surface area contributed by atoms with Crippen molar-refractivity contribution in [2.24, 2.45) is 0 Å². The van der Waals surface area contributed by atoms with E-state index in [0.717, 1.165) is 109 Å². The summed E-state index contributed by atoms with van der Waals surface area (Å²) in [6.45, 7) is 6.54.